The van der Waals surface area contributed by atoms with Gasteiger partial charge in [-0.2, -0.15) is 0 Å². The zero-order chi connectivity index (χ0) is 11.7. The molecule has 3 heteroatoms. The summed E-state index contributed by atoms with van der Waals surface area (Å²) >= 11 is 0. The molecule has 0 spiro atoms. The van der Waals surface area contributed by atoms with Gasteiger partial charge in [-0.1, -0.05) is 33.1 Å². The molecule has 0 aliphatic carbocycles. The molecule has 0 aromatic heterocycles. The third-order valence-corrected chi connectivity index (χ3v) is 2.58. The van der Waals surface area contributed by atoms with E-state index in [1.165, 1.54) is 19.3 Å². The van der Waals surface area contributed by atoms with E-state index in [1.807, 2.05) is 13.8 Å². The van der Waals surface area contributed by atoms with Crippen LogP contribution in [-0.2, 0) is 4.79 Å². The van der Waals surface area contributed by atoms with E-state index in [2.05, 4.69) is 11.9 Å². The van der Waals surface area contributed by atoms with Crippen LogP contribution >= 0.6 is 0 Å². The molecule has 1 atom stereocenters. The average Bonchev–Trinajstić information content (AvgIpc) is 2.18. The Morgan fingerprint density at radius 1 is 1.27 bits per heavy atom. The molecule has 3 nitrogen and oxygen atoms in total. The first-order chi connectivity index (χ1) is 7.13. The van der Waals surface area contributed by atoms with Crippen molar-refractivity contribution in [2.75, 3.05) is 6.54 Å². The molecular weight excluding hydrogens is 190 g/mol. The lowest BCUT2D eigenvalue weighted by Crippen LogP contribution is -2.21. The van der Waals surface area contributed by atoms with Crippen LogP contribution in [0.5, 0.6) is 0 Å². The number of carbonyl (C=O) groups is 1. The highest BCUT2D eigenvalue weighted by Crippen LogP contribution is 2.07. The van der Waals surface area contributed by atoms with Gasteiger partial charge in [0.1, 0.15) is 0 Å². The number of hydrogen-bond donors (Lipinski definition) is 1. The van der Waals surface area contributed by atoms with Crippen molar-refractivity contribution in [1.82, 2.24) is 0 Å². The van der Waals surface area contributed by atoms with Crippen LogP contribution in [0.1, 0.15) is 52.9 Å². The van der Waals surface area contributed by atoms with Crippen molar-refractivity contribution in [2.24, 2.45) is 10.9 Å². The van der Waals surface area contributed by atoms with Crippen LogP contribution in [0.15, 0.2) is 4.99 Å². The molecule has 0 heterocycles. The Morgan fingerprint density at radius 2 is 1.93 bits per heavy atom. The summed E-state index contributed by atoms with van der Waals surface area (Å²) in [5.74, 6) is -1.15. The number of aliphatic imine (C=N–C) groups is 1. The molecule has 0 bridgehead atoms. The molecule has 0 fully saturated rings. The van der Waals surface area contributed by atoms with E-state index in [-0.39, 0.29) is 0 Å². The number of nitrogens with zero attached hydrogens (tertiary/aromatic N) is 1. The Morgan fingerprint density at radius 3 is 2.40 bits per heavy atom. The topological polar surface area (TPSA) is 49.7 Å². The van der Waals surface area contributed by atoms with Crippen LogP contribution in [0, 0.1) is 5.92 Å². The lowest BCUT2D eigenvalue weighted by molar-refractivity contribution is -0.139. The fourth-order valence-corrected chi connectivity index (χ4v) is 1.55. The highest BCUT2D eigenvalue weighted by molar-refractivity contribution is 6.00. The molecule has 0 aromatic rings. The standard InChI is InChI=1S/C12H23NO2/c1-4-6-7-8-9-13-10(3)11(5-2)12(14)15/h11H,4-9H2,1-3H3,(H,14,15). The lowest BCUT2D eigenvalue weighted by Gasteiger charge is -2.08. The van der Waals surface area contributed by atoms with Gasteiger partial charge in [0, 0.05) is 12.3 Å². The molecule has 88 valence electrons. The average molecular weight is 213 g/mol. The molecule has 15 heavy (non-hydrogen) atoms. The maximum atomic E-state index is 10.8. The van der Waals surface area contributed by atoms with Gasteiger partial charge in [0.2, 0.25) is 0 Å². The van der Waals surface area contributed by atoms with E-state index >= 15 is 0 Å². The molecule has 0 aliphatic heterocycles. The zero-order valence-electron chi connectivity index (χ0n) is 10.1. The van der Waals surface area contributed by atoms with Gasteiger partial charge in [-0.3, -0.25) is 9.79 Å². The smallest absolute Gasteiger partial charge is 0.312 e. The molecule has 1 N–H and O–H groups in total. The summed E-state index contributed by atoms with van der Waals surface area (Å²) in [6.07, 6.45) is 5.35. The van der Waals surface area contributed by atoms with Gasteiger partial charge in [0.15, 0.2) is 0 Å². The van der Waals surface area contributed by atoms with Crippen molar-refractivity contribution in [3.63, 3.8) is 0 Å². The highest BCUT2D eigenvalue weighted by atomic mass is 16.4. The Bertz CT molecular complexity index is 212. The van der Waals surface area contributed by atoms with Crippen molar-refractivity contribution in [1.29, 1.82) is 0 Å². The second-order valence-corrected chi connectivity index (χ2v) is 3.88. The first-order valence-electron chi connectivity index (χ1n) is 5.87. The van der Waals surface area contributed by atoms with E-state index in [0.29, 0.717) is 6.42 Å². The molecule has 0 radical (unpaired) electrons. The first-order valence-corrected chi connectivity index (χ1v) is 5.87. The summed E-state index contributed by atoms with van der Waals surface area (Å²) in [7, 11) is 0. The summed E-state index contributed by atoms with van der Waals surface area (Å²) in [6.45, 7) is 6.65. The number of aliphatic carboxylic acids is 1. The van der Waals surface area contributed by atoms with Gasteiger partial charge < -0.3 is 5.11 Å². The monoisotopic (exact) mass is 213 g/mol. The van der Waals surface area contributed by atoms with Gasteiger partial charge in [-0.25, -0.2) is 0 Å². The third kappa shape index (κ3) is 6.26. The Labute approximate surface area is 92.6 Å². The minimum atomic E-state index is -0.757. The maximum Gasteiger partial charge on any atom is 0.312 e. The van der Waals surface area contributed by atoms with Gasteiger partial charge in [0.05, 0.1) is 5.92 Å². The quantitative estimate of drug-likeness (QED) is 0.497. The molecular formula is C12H23NO2. The predicted octanol–water partition coefficient (Wildman–Crippen LogP) is 3.14. The van der Waals surface area contributed by atoms with E-state index in [1.54, 1.807) is 0 Å². The van der Waals surface area contributed by atoms with E-state index in [0.717, 1.165) is 18.7 Å². The predicted molar refractivity (Wildman–Crippen MR) is 63.5 cm³/mol. The van der Waals surface area contributed by atoms with Crippen LogP contribution in [-0.4, -0.2) is 23.3 Å². The van der Waals surface area contributed by atoms with Crippen molar-refractivity contribution in [3.05, 3.63) is 0 Å². The van der Waals surface area contributed by atoms with Gasteiger partial charge in [0.25, 0.3) is 0 Å². The summed E-state index contributed by atoms with van der Waals surface area (Å²) in [5, 5.41) is 8.90. The fourth-order valence-electron chi connectivity index (χ4n) is 1.55. The molecule has 1 unspecified atom stereocenters. The SMILES string of the molecule is CCCCCCN=C(C)C(CC)C(=O)O. The summed E-state index contributed by atoms with van der Waals surface area (Å²) in [5.41, 5.74) is 0.765. The van der Waals surface area contributed by atoms with Crippen LogP contribution < -0.4 is 0 Å². The Hall–Kier alpha value is -0.860. The van der Waals surface area contributed by atoms with Gasteiger partial charge in [-0.05, 0) is 19.8 Å². The Kier molecular flexibility index (Phi) is 7.96. The molecule has 0 saturated carbocycles. The molecule has 0 saturated heterocycles. The summed E-state index contributed by atoms with van der Waals surface area (Å²) in [6, 6.07) is 0. The van der Waals surface area contributed by atoms with Gasteiger partial charge >= 0.3 is 5.97 Å². The number of carboxylic acid groups (broad SMARTS) is 1. The largest absolute Gasteiger partial charge is 0.481 e. The van der Waals surface area contributed by atoms with E-state index < -0.39 is 11.9 Å². The second kappa shape index (κ2) is 8.45. The van der Waals surface area contributed by atoms with Crippen molar-refractivity contribution >= 4 is 11.7 Å². The number of hydrogen-bond acceptors (Lipinski definition) is 2. The second-order valence-electron chi connectivity index (χ2n) is 3.88. The number of unbranched alkanes of at least 4 members (excludes halogenated alkanes) is 3. The molecule has 0 rings (SSSR count). The summed E-state index contributed by atoms with van der Waals surface area (Å²) in [4.78, 5) is 15.2. The van der Waals surface area contributed by atoms with Crippen LogP contribution in [0.3, 0.4) is 0 Å². The third-order valence-electron chi connectivity index (χ3n) is 2.58. The van der Waals surface area contributed by atoms with Crippen LogP contribution in [0.2, 0.25) is 0 Å². The summed E-state index contributed by atoms with van der Waals surface area (Å²) < 4.78 is 0. The highest BCUT2D eigenvalue weighted by Gasteiger charge is 2.17. The van der Waals surface area contributed by atoms with Gasteiger partial charge in [-0.15, -0.1) is 0 Å². The molecule has 0 amide bonds. The minimum absolute atomic E-state index is 0.392. The van der Waals surface area contributed by atoms with Crippen molar-refractivity contribution in [3.8, 4) is 0 Å². The van der Waals surface area contributed by atoms with E-state index in [4.69, 9.17) is 5.11 Å². The van der Waals surface area contributed by atoms with E-state index in [9.17, 15) is 4.79 Å². The van der Waals surface area contributed by atoms with Crippen molar-refractivity contribution in [2.45, 2.75) is 52.9 Å². The minimum Gasteiger partial charge on any atom is -0.481 e. The normalized spacial score (nSPS) is 13.9. The van der Waals surface area contributed by atoms with Crippen molar-refractivity contribution < 1.29 is 9.90 Å². The fraction of sp³-hybridized carbons (Fsp3) is 0.833. The number of rotatable bonds is 8. The molecule has 0 aromatic carbocycles. The Balaban J connectivity index is 3.90. The maximum absolute atomic E-state index is 10.8. The first kappa shape index (κ1) is 14.1. The van der Waals surface area contributed by atoms with Crippen LogP contribution in [0.4, 0.5) is 0 Å². The zero-order valence-corrected chi connectivity index (χ0v) is 10.1. The number of carboxylic acids is 1. The van der Waals surface area contributed by atoms with Crippen LogP contribution in [0.25, 0.3) is 0 Å². The lowest BCUT2D eigenvalue weighted by atomic mass is 10.0. The molecule has 0 aliphatic rings.